The lowest BCUT2D eigenvalue weighted by atomic mass is 10.0. The Kier molecular flexibility index (Phi) is 3.76. The molecule has 5 heteroatoms. The number of anilines is 2. The van der Waals surface area contributed by atoms with Crippen LogP contribution in [0.25, 0.3) is 0 Å². The second-order valence-corrected chi connectivity index (χ2v) is 5.91. The first-order valence-electron chi connectivity index (χ1n) is 7.54. The van der Waals surface area contributed by atoms with Gasteiger partial charge in [0, 0.05) is 25.7 Å². The fourth-order valence-electron chi connectivity index (χ4n) is 3.45. The Morgan fingerprint density at radius 3 is 2.60 bits per heavy atom. The van der Waals surface area contributed by atoms with Gasteiger partial charge in [-0.1, -0.05) is 13.3 Å². The zero-order valence-corrected chi connectivity index (χ0v) is 11.8. The average Bonchev–Trinajstić information content (AvgIpc) is 2.98. The molecule has 0 bridgehead atoms. The molecular weight excluding hydrogens is 260 g/mol. The van der Waals surface area contributed by atoms with Gasteiger partial charge in [-0.3, -0.25) is 0 Å². The van der Waals surface area contributed by atoms with Crippen molar-refractivity contribution in [3.8, 4) is 0 Å². The fraction of sp³-hybridized carbons (Fsp3) is 0.667. The molecule has 110 valence electrons. The molecule has 1 aromatic rings. The molecular formula is C15H21F2N3. The van der Waals surface area contributed by atoms with E-state index in [2.05, 4.69) is 10.3 Å². The summed E-state index contributed by atoms with van der Waals surface area (Å²) < 4.78 is 27.7. The number of hydrogen-bond acceptors (Lipinski definition) is 3. The molecule has 1 N–H and O–H groups in total. The van der Waals surface area contributed by atoms with Gasteiger partial charge in [0.15, 0.2) is 23.3 Å². The summed E-state index contributed by atoms with van der Waals surface area (Å²) in [6, 6.07) is 0.953. The second kappa shape index (κ2) is 5.54. The maximum Gasteiger partial charge on any atom is 0.168 e. The SMILES string of the molecule is CCCNc1nc(N2CC3CCCC3C2)c(F)cc1F. The predicted molar refractivity (Wildman–Crippen MR) is 76.0 cm³/mol. The molecule has 1 saturated carbocycles. The molecule has 0 aromatic carbocycles. The minimum Gasteiger partial charge on any atom is -0.368 e. The summed E-state index contributed by atoms with van der Waals surface area (Å²) in [5.41, 5.74) is 0. The van der Waals surface area contributed by atoms with Crippen LogP contribution in [0.1, 0.15) is 32.6 Å². The van der Waals surface area contributed by atoms with Crippen molar-refractivity contribution in [2.75, 3.05) is 29.9 Å². The minimum atomic E-state index is -0.612. The van der Waals surface area contributed by atoms with Crippen molar-refractivity contribution in [1.29, 1.82) is 0 Å². The van der Waals surface area contributed by atoms with Gasteiger partial charge in [0.05, 0.1) is 0 Å². The Bertz CT molecular complexity index is 480. The smallest absolute Gasteiger partial charge is 0.168 e. The van der Waals surface area contributed by atoms with Crippen LogP contribution >= 0.6 is 0 Å². The van der Waals surface area contributed by atoms with Crippen molar-refractivity contribution >= 4 is 11.6 Å². The first-order valence-corrected chi connectivity index (χ1v) is 7.54. The third-order valence-corrected chi connectivity index (χ3v) is 4.48. The predicted octanol–water partition coefficient (Wildman–Crippen LogP) is 3.42. The number of rotatable bonds is 4. The highest BCUT2D eigenvalue weighted by atomic mass is 19.1. The van der Waals surface area contributed by atoms with Gasteiger partial charge < -0.3 is 10.2 Å². The summed E-state index contributed by atoms with van der Waals surface area (Å²) in [7, 11) is 0. The zero-order chi connectivity index (χ0) is 14.1. The van der Waals surface area contributed by atoms with Gasteiger partial charge in [0.1, 0.15) is 0 Å². The van der Waals surface area contributed by atoms with E-state index in [0.717, 1.165) is 25.6 Å². The Morgan fingerprint density at radius 2 is 1.95 bits per heavy atom. The molecule has 0 spiro atoms. The summed E-state index contributed by atoms with van der Waals surface area (Å²) in [5, 5.41) is 2.92. The lowest BCUT2D eigenvalue weighted by Gasteiger charge is -2.20. The number of pyridine rings is 1. The van der Waals surface area contributed by atoms with Crippen LogP contribution in [0.3, 0.4) is 0 Å². The van der Waals surface area contributed by atoms with Crippen LogP contribution in [-0.4, -0.2) is 24.6 Å². The Morgan fingerprint density at radius 1 is 1.25 bits per heavy atom. The van der Waals surface area contributed by atoms with Crippen molar-refractivity contribution in [2.45, 2.75) is 32.6 Å². The van der Waals surface area contributed by atoms with Crippen LogP contribution in [0.5, 0.6) is 0 Å². The van der Waals surface area contributed by atoms with E-state index in [1.807, 2.05) is 11.8 Å². The summed E-state index contributed by atoms with van der Waals surface area (Å²) in [6.07, 6.45) is 4.61. The van der Waals surface area contributed by atoms with Gasteiger partial charge in [-0.2, -0.15) is 0 Å². The number of halogens is 2. The Balaban J connectivity index is 1.82. The highest BCUT2D eigenvalue weighted by molar-refractivity contribution is 5.50. The van der Waals surface area contributed by atoms with Crippen molar-refractivity contribution in [1.82, 2.24) is 4.98 Å². The lowest BCUT2D eigenvalue weighted by Crippen LogP contribution is -2.24. The normalized spacial score (nSPS) is 25.1. The van der Waals surface area contributed by atoms with Crippen LogP contribution in [0.15, 0.2) is 6.07 Å². The molecule has 0 radical (unpaired) electrons. The van der Waals surface area contributed by atoms with E-state index < -0.39 is 11.6 Å². The molecule has 2 atom stereocenters. The Hall–Kier alpha value is -1.39. The number of nitrogens with zero attached hydrogens (tertiary/aromatic N) is 2. The van der Waals surface area contributed by atoms with E-state index in [9.17, 15) is 8.78 Å². The molecule has 1 aromatic heterocycles. The van der Waals surface area contributed by atoms with Crippen LogP contribution < -0.4 is 10.2 Å². The van der Waals surface area contributed by atoms with E-state index in [4.69, 9.17) is 0 Å². The molecule has 0 amide bonds. The third kappa shape index (κ3) is 2.45. The number of hydrogen-bond donors (Lipinski definition) is 1. The van der Waals surface area contributed by atoms with Crippen LogP contribution in [0.4, 0.5) is 20.4 Å². The topological polar surface area (TPSA) is 28.2 Å². The third-order valence-electron chi connectivity index (χ3n) is 4.48. The maximum absolute atomic E-state index is 14.0. The van der Waals surface area contributed by atoms with Gasteiger partial charge in [-0.05, 0) is 31.1 Å². The summed E-state index contributed by atoms with van der Waals surface area (Å²) in [4.78, 5) is 6.17. The van der Waals surface area contributed by atoms with Crippen molar-refractivity contribution in [3.63, 3.8) is 0 Å². The monoisotopic (exact) mass is 281 g/mol. The summed E-state index contributed by atoms with van der Waals surface area (Å²) >= 11 is 0. The van der Waals surface area contributed by atoms with Crippen LogP contribution in [0, 0.1) is 23.5 Å². The molecule has 2 aliphatic rings. The summed E-state index contributed by atoms with van der Waals surface area (Å²) in [6.45, 7) is 4.35. The van der Waals surface area contributed by atoms with E-state index in [-0.39, 0.29) is 5.82 Å². The zero-order valence-electron chi connectivity index (χ0n) is 11.8. The Labute approximate surface area is 118 Å². The molecule has 1 saturated heterocycles. The molecule has 2 fully saturated rings. The quantitative estimate of drug-likeness (QED) is 0.916. The highest BCUT2D eigenvalue weighted by Gasteiger charge is 2.37. The van der Waals surface area contributed by atoms with Gasteiger partial charge >= 0.3 is 0 Å². The molecule has 20 heavy (non-hydrogen) atoms. The largest absolute Gasteiger partial charge is 0.368 e. The molecule has 2 heterocycles. The molecule has 2 unspecified atom stereocenters. The highest BCUT2D eigenvalue weighted by Crippen LogP contribution is 2.40. The number of fused-ring (bicyclic) bond motifs is 1. The first-order chi connectivity index (χ1) is 9.69. The number of aromatic nitrogens is 1. The first kappa shape index (κ1) is 13.6. The van der Waals surface area contributed by atoms with E-state index in [1.165, 1.54) is 19.3 Å². The standard InChI is InChI=1S/C15H21F2N3/c1-2-6-18-14-12(16)7-13(17)15(19-14)20-8-10-4-3-5-11(10)9-20/h7,10-11H,2-6,8-9H2,1H3,(H,18,19). The second-order valence-electron chi connectivity index (χ2n) is 5.91. The van der Waals surface area contributed by atoms with Crippen molar-refractivity contribution < 1.29 is 8.78 Å². The van der Waals surface area contributed by atoms with Crippen LogP contribution in [-0.2, 0) is 0 Å². The van der Waals surface area contributed by atoms with E-state index in [0.29, 0.717) is 24.2 Å². The summed E-state index contributed by atoms with van der Waals surface area (Å²) in [5.74, 6) is 0.630. The van der Waals surface area contributed by atoms with Gasteiger partial charge in [-0.15, -0.1) is 0 Å². The number of nitrogens with one attached hydrogen (secondary N) is 1. The molecule has 3 rings (SSSR count). The van der Waals surface area contributed by atoms with Crippen LogP contribution in [0.2, 0.25) is 0 Å². The van der Waals surface area contributed by atoms with Gasteiger partial charge in [0.25, 0.3) is 0 Å². The lowest BCUT2D eigenvalue weighted by molar-refractivity contribution is 0.494. The minimum absolute atomic E-state index is 0.167. The van der Waals surface area contributed by atoms with E-state index in [1.54, 1.807) is 0 Å². The van der Waals surface area contributed by atoms with E-state index >= 15 is 0 Å². The van der Waals surface area contributed by atoms with Crippen molar-refractivity contribution in [2.24, 2.45) is 11.8 Å². The fourth-order valence-corrected chi connectivity index (χ4v) is 3.45. The molecule has 1 aliphatic carbocycles. The van der Waals surface area contributed by atoms with Gasteiger partial charge in [0.2, 0.25) is 0 Å². The molecule has 1 aliphatic heterocycles. The average molecular weight is 281 g/mol. The maximum atomic E-state index is 14.0. The molecule has 3 nitrogen and oxygen atoms in total. The van der Waals surface area contributed by atoms with Crippen molar-refractivity contribution in [3.05, 3.63) is 17.7 Å². The van der Waals surface area contributed by atoms with Gasteiger partial charge in [-0.25, -0.2) is 13.8 Å².